The fraction of sp³-hybridized carbons (Fsp3) is 0.692. The first-order valence-electron chi connectivity index (χ1n) is 7.65. The summed E-state index contributed by atoms with van der Waals surface area (Å²) in [4.78, 5) is 25.6. The summed E-state index contributed by atoms with van der Waals surface area (Å²) in [5.74, 6) is 2.18. The SMILES string of the molecule is COC1OC2C(O1)[C@@H](COP1SCCS1)O[C@H]2n1ccc(=O)[nH]c1=O. The van der Waals surface area contributed by atoms with Gasteiger partial charge in [-0.25, -0.2) is 4.79 Å². The van der Waals surface area contributed by atoms with Crippen LogP contribution in [-0.4, -0.2) is 59.6 Å². The van der Waals surface area contributed by atoms with Crippen LogP contribution in [0.1, 0.15) is 6.23 Å². The highest BCUT2D eigenvalue weighted by Crippen LogP contribution is 2.66. The molecule has 0 bridgehead atoms. The summed E-state index contributed by atoms with van der Waals surface area (Å²) in [6.45, 7) is -1.03. The molecule has 3 fully saturated rings. The summed E-state index contributed by atoms with van der Waals surface area (Å²) in [6, 6.07) is 1.27. The summed E-state index contributed by atoms with van der Waals surface area (Å²) in [6.07, 6.45) is -0.666. The van der Waals surface area contributed by atoms with E-state index in [0.717, 1.165) is 11.5 Å². The lowest BCUT2D eigenvalue weighted by molar-refractivity contribution is -0.256. The smallest absolute Gasteiger partial charge is 0.330 e. The summed E-state index contributed by atoms with van der Waals surface area (Å²) >= 11 is 3.63. The van der Waals surface area contributed by atoms with E-state index < -0.39 is 48.8 Å². The van der Waals surface area contributed by atoms with E-state index in [9.17, 15) is 9.59 Å². The average Bonchev–Trinajstić information content (AvgIpc) is 3.30. The molecule has 138 valence electrons. The molecule has 5 atom stereocenters. The summed E-state index contributed by atoms with van der Waals surface area (Å²) in [7, 11) is 1.48. The largest absolute Gasteiger partial charge is 0.346 e. The van der Waals surface area contributed by atoms with Crippen molar-refractivity contribution < 1.29 is 23.5 Å². The molecule has 1 N–H and O–H groups in total. The summed E-state index contributed by atoms with van der Waals surface area (Å²) < 4.78 is 29.8. The second-order valence-electron chi connectivity index (χ2n) is 5.49. The van der Waals surface area contributed by atoms with Crippen molar-refractivity contribution in [3.8, 4) is 0 Å². The van der Waals surface area contributed by atoms with Crippen LogP contribution < -0.4 is 11.2 Å². The van der Waals surface area contributed by atoms with E-state index in [1.165, 1.54) is 23.9 Å². The predicted molar refractivity (Wildman–Crippen MR) is 93.6 cm³/mol. The maximum Gasteiger partial charge on any atom is 0.330 e. The first-order chi connectivity index (χ1) is 12.2. The molecule has 1 aromatic heterocycles. The molecule has 0 saturated carbocycles. The van der Waals surface area contributed by atoms with E-state index in [2.05, 4.69) is 4.98 Å². The van der Waals surface area contributed by atoms with Gasteiger partial charge in [-0.15, -0.1) is 0 Å². The van der Waals surface area contributed by atoms with Crippen LogP contribution in [-0.2, 0) is 23.5 Å². The molecule has 4 rings (SSSR count). The van der Waals surface area contributed by atoms with Crippen molar-refractivity contribution in [2.75, 3.05) is 25.2 Å². The Morgan fingerprint density at radius 3 is 2.76 bits per heavy atom. The second-order valence-corrected chi connectivity index (χ2v) is 11.8. The molecule has 3 saturated heterocycles. The number of rotatable bonds is 5. The minimum absolute atomic E-state index is 0.348. The standard InChI is InChI=1S/C13H17N2O7PS2/c1-18-13-21-9-7(6-19-23-24-4-5-25-23)20-11(10(9)22-13)15-3-2-8(16)14-12(15)17/h2-3,7,9-11,13H,4-6H2,1H3,(H,14,16,17)/t7-,9?,10?,11-,13?/m1/s1. The first kappa shape index (κ1) is 18.0. The molecule has 0 spiro atoms. The lowest BCUT2D eigenvalue weighted by Gasteiger charge is -2.21. The molecular weight excluding hydrogens is 391 g/mol. The van der Waals surface area contributed by atoms with Crippen molar-refractivity contribution in [1.82, 2.24) is 9.55 Å². The van der Waals surface area contributed by atoms with Gasteiger partial charge in [-0.3, -0.25) is 14.3 Å². The van der Waals surface area contributed by atoms with Crippen LogP contribution in [0.4, 0.5) is 0 Å². The Labute approximate surface area is 152 Å². The van der Waals surface area contributed by atoms with Crippen LogP contribution in [0, 0.1) is 0 Å². The molecule has 1 aromatic rings. The molecule has 0 amide bonds. The zero-order valence-corrected chi connectivity index (χ0v) is 15.8. The third-order valence-electron chi connectivity index (χ3n) is 3.96. The normalized spacial score (nSPS) is 35.3. The fourth-order valence-electron chi connectivity index (χ4n) is 2.87. The Hall–Kier alpha value is -0.390. The molecule has 3 aliphatic heterocycles. The maximum absolute atomic E-state index is 12.1. The average molecular weight is 408 g/mol. The number of aromatic nitrogens is 2. The van der Waals surface area contributed by atoms with Gasteiger partial charge in [0.15, 0.2) is 12.8 Å². The van der Waals surface area contributed by atoms with Crippen molar-refractivity contribution in [2.24, 2.45) is 0 Å². The van der Waals surface area contributed by atoms with Crippen LogP contribution in [0.2, 0.25) is 0 Å². The highest BCUT2D eigenvalue weighted by Gasteiger charge is 2.54. The van der Waals surface area contributed by atoms with Gasteiger partial charge < -0.3 is 23.5 Å². The van der Waals surface area contributed by atoms with Crippen molar-refractivity contribution in [3.05, 3.63) is 33.1 Å². The van der Waals surface area contributed by atoms with E-state index in [0.29, 0.717) is 6.61 Å². The second kappa shape index (κ2) is 7.69. The van der Waals surface area contributed by atoms with Crippen LogP contribution in [0.25, 0.3) is 0 Å². The first-order valence-corrected chi connectivity index (χ1v) is 12.1. The monoisotopic (exact) mass is 408 g/mol. The van der Waals surface area contributed by atoms with Gasteiger partial charge in [0.1, 0.15) is 18.3 Å². The molecule has 3 unspecified atom stereocenters. The highest BCUT2D eigenvalue weighted by molar-refractivity contribution is 8.88. The topological polar surface area (TPSA) is 101 Å². The van der Waals surface area contributed by atoms with Gasteiger partial charge in [-0.2, -0.15) is 0 Å². The Kier molecular flexibility index (Phi) is 5.54. The minimum Gasteiger partial charge on any atom is -0.346 e. The van der Waals surface area contributed by atoms with Gasteiger partial charge in [0.25, 0.3) is 12.0 Å². The van der Waals surface area contributed by atoms with Gasteiger partial charge in [0.05, 0.1) is 6.61 Å². The molecule has 0 radical (unpaired) electrons. The molecule has 0 aliphatic carbocycles. The quantitative estimate of drug-likeness (QED) is 0.711. The Balaban J connectivity index is 1.53. The molecule has 9 nitrogen and oxygen atoms in total. The lowest BCUT2D eigenvalue weighted by atomic mass is 10.1. The van der Waals surface area contributed by atoms with E-state index in [1.807, 2.05) is 22.8 Å². The van der Waals surface area contributed by atoms with Crippen molar-refractivity contribution in [2.45, 2.75) is 31.0 Å². The molecular formula is C13H17N2O7PS2. The van der Waals surface area contributed by atoms with Crippen LogP contribution in [0.3, 0.4) is 0 Å². The molecule has 12 heteroatoms. The van der Waals surface area contributed by atoms with Crippen molar-refractivity contribution >= 4 is 29.3 Å². The summed E-state index contributed by atoms with van der Waals surface area (Å²) in [5, 5.41) is 0. The van der Waals surface area contributed by atoms with Crippen molar-refractivity contribution in [3.63, 3.8) is 0 Å². The van der Waals surface area contributed by atoms with Gasteiger partial charge in [0.2, 0.25) is 0 Å². The van der Waals surface area contributed by atoms with Crippen molar-refractivity contribution in [1.29, 1.82) is 0 Å². The number of ether oxygens (including phenoxy) is 4. The van der Waals surface area contributed by atoms with Crippen LogP contribution in [0.15, 0.2) is 21.9 Å². The molecule has 25 heavy (non-hydrogen) atoms. The van der Waals surface area contributed by atoms with Gasteiger partial charge in [0, 0.05) is 30.9 Å². The molecule has 4 heterocycles. The Morgan fingerprint density at radius 1 is 1.28 bits per heavy atom. The maximum atomic E-state index is 12.1. The summed E-state index contributed by atoms with van der Waals surface area (Å²) in [5.41, 5.74) is -1.03. The number of nitrogens with zero attached hydrogens (tertiary/aromatic N) is 1. The van der Waals surface area contributed by atoms with E-state index in [-0.39, 0.29) is 0 Å². The van der Waals surface area contributed by atoms with E-state index in [1.54, 1.807) is 0 Å². The number of hydrogen-bond acceptors (Lipinski definition) is 9. The number of hydrogen-bond donors (Lipinski definition) is 1. The number of aromatic amines is 1. The van der Waals surface area contributed by atoms with E-state index >= 15 is 0 Å². The number of H-pyrrole nitrogens is 1. The van der Waals surface area contributed by atoms with Gasteiger partial charge >= 0.3 is 5.69 Å². The number of methoxy groups -OCH3 is 1. The van der Waals surface area contributed by atoms with Crippen LogP contribution >= 0.6 is 29.3 Å². The zero-order chi connectivity index (χ0) is 17.4. The third-order valence-corrected chi connectivity index (χ3v) is 10.7. The lowest BCUT2D eigenvalue weighted by Crippen LogP contribution is -2.36. The number of fused-ring (bicyclic) bond motifs is 1. The Bertz CT molecular complexity index is 725. The number of nitrogens with one attached hydrogen (secondary N) is 1. The molecule has 0 aromatic carbocycles. The fourth-order valence-corrected chi connectivity index (χ4v) is 9.54. The van der Waals surface area contributed by atoms with Gasteiger partial charge in [-0.1, -0.05) is 22.8 Å². The minimum atomic E-state index is -0.816. The van der Waals surface area contributed by atoms with Crippen LogP contribution in [0.5, 0.6) is 0 Å². The zero-order valence-electron chi connectivity index (χ0n) is 13.2. The highest BCUT2D eigenvalue weighted by atomic mass is 33.1. The third kappa shape index (κ3) is 3.70. The van der Waals surface area contributed by atoms with Gasteiger partial charge in [-0.05, 0) is 0 Å². The predicted octanol–water partition coefficient (Wildman–Crippen LogP) is 0.871. The Morgan fingerprint density at radius 2 is 2.04 bits per heavy atom. The molecule has 3 aliphatic rings. The van der Waals surface area contributed by atoms with E-state index in [4.69, 9.17) is 23.5 Å².